The molecule has 1 N–H and O–H groups in total. The lowest BCUT2D eigenvalue weighted by Crippen LogP contribution is -2.21. The first-order valence-electron chi connectivity index (χ1n) is 10.8. The first-order valence-corrected chi connectivity index (χ1v) is 10.8. The van der Waals surface area contributed by atoms with E-state index in [0.717, 1.165) is 36.7 Å². The topological polar surface area (TPSA) is 66.8 Å². The van der Waals surface area contributed by atoms with Crippen LogP contribution in [-0.2, 0) is 13.6 Å². The molecule has 1 saturated heterocycles. The van der Waals surface area contributed by atoms with Gasteiger partial charge < -0.3 is 4.98 Å². The summed E-state index contributed by atoms with van der Waals surface area (Å²) in [6, 6.07) is 10.6. The van der Waals surface area contributed by atoms with Gasteiger partial charge in [-0.05, 0) is 24.3 Å². The summed E-state index contributed by atoms with van der Waals surface area (Å²) in [6.07, 6.45) is 4.84. The second-order valence-corrected chi connectivity index (χ2v) is 8.90. The van der Waals surface area contributed by atoms with Crippen molar-refractivity contribution < 1.29 is 0 Å². The highest BCUT2D eigenvalue weighted by Gasteiger charge is 2.34. The molecule has 5 rings (SSSR count). The number of aromatic nitrogens is 4. The molecule has 0 bridgehead atoms. The molecule has 3 aromatic rings. The van der Waals surface area contributed by atoms with Gasteiger partial charge in [0.05, 0.1) is 5.69 Å². The third-order valence-corrected chi connectivity index (χ3v) is 6.78. The van der Waals surface area contributed by atoms with Crippen LogP contribution in [0.2, 0.25) is 0 Å². The number of fused-ring (bicyclic) bond motifs is 1. The fourth-order valence-corrected chi connectivity index (χ4v) is 5.34. The zero-order chi connectivity index (χ0) is 20.0. The van der Waals surface area contributed by atoms with Gasteiger partial charge in [0, 0.05) is 38.5 Å². The second-order valence-electron chi connectivity index (χ2n) is 8.90. The average molecular weight is 392 g/mol. The van der Waals surface area contributed by atoms with Crippen LogP contribution in [0.3, 0.4) is 0 Å². The summed E-state index contributed by atoms with van der Waals surface area (Å²) in [5, 5.41) is 4.51. The van der Waals surface area contributed by atoms with Gasteiger partial charge >= 0.3 is 0 Å². The van der Waals surface area contributed by atoms with Gasteiger partial charge in [-0.1, -0.05) is 50.1 Å². The van der Waals surface area contributed by atoms with Crippen molar-refractivity contribution in [3.05, 3.63) is 57.8 Å². The molecule has 2 fully saturated rings. The summed E-state index contributed by atoms with van der Waals surface area (Å²) in [4.78, 5) is 23.4. The molecule has 0 spiro atoms. The highest BCUT2D eigenvalue weighted by atomic mass is 16.1. The molecule has 29 heavy (non-hydrogen) atoms. The van der Waals surface area contributed by atoms with Crippen molar-refractivity contribution in [2.45, 2.75) is 51.0 Å². The molecule has 152 valence electrons. The molecule has 2 aliphatic rings. The van der Waals surface area contributed by atoms with E-state index in [4.69, 9.17) is 4.98 Å². The SMILES string of the molecule is CC1CN(Cc2ccccc2)CC1c1nc2c(C3CCCC3)n(C)nc2c(=O)[nH]1. The van der Waals surface area contributed by atoms with Crippen LogP contribution in [0.1, 0.15) is 61.5 Å². The fourth-order valence-electron chi connectivity index (χ4n) is 5.34. The summed E-state index contributed by atoms with van der Waals surface area (Å²) in [5.74, 6) is 2.00. The number of nitrogens with zero attached hydrogens (tertiary/aromatic N) is 4. The number of hydrogen-bond donors (Lipinski definition) is 1. The molecule has 1 aliphatic carbocycles. The molecule has 2 atom stereocenters. The van der Waals surface area contributed by atoms with E-state index in [1.54, 1.807) is 0 Å². The minimum Gasteiger partial charge on any atom is -0.308 e. The lowest BCUT2D eigenvalue weighted by molar-refractivity contribution is 0.318. The summed E-state index contributed by atoms with van der Waals surface area (Å²) in [5.41, 5.74) is 3.69. The largest absolute Gasteiger partial charge is 0.308 e. The van der Waals surface area contributed by atoms with Crippen molar-refractivity contribution in [1.29, 1.82) is 0 Å². The van der Waals surface area contributed by atoms with Crippen molar-refractivity contribution in [3.8, 4) is 0 Å². The van der Waals surface area contributed by atoms with Crippen molar-refractivity contribution in [2.24, 2.45) is 13.0 Å². The van der Waals surface area contributed by atoms with Crippen LogP contribution < -0.4 is 5.56 Å². The predicted molar refractivity (Wildman–Crippen MR) is 114 cm³/mol. The highest BCUT2D eigenvalue weighted by molar-refractivity contribution is 5.76. The van der Waals surface area contributed by atoms with E-state index in [0.29, 0.717) is 17.4 Å². The molecule has 0 amide bonds. The summed E-state index contributed by atoms with van der Waals surface area (Å²) in [7, 11) is 1.95. The molecule has 2 unspecified atom stereocenters. The van der Waals surface area contributed by atoms with Gasteiger partial charge in [-0.2, -0.15) is 5.10 Å². The number of hydrogen-bond acceptors (Lipinski definition) is 4. The molecule has 0 radical (unpaired) electrons. The minimum absolute atomic E-state index is 0.0986. The normalized spacial score (nSPS) is 23.4. The number of nitrogens with one attached hydrogen (secondary N) is 1. The number of aromatic amines is 1. The molecule has 1 aliphatic heterocycles. The Morgan fingerprint density at radius 1 is 1.10 bits per heavy atom. The number of benzene rings is 1. The van der Waals surface area contributed by atoms with Crippen LogP contribution in [-0.4, -0.2) is 37.7 Å². The lowest BCUT2D eigenvalue weighted by Gasteiger charge is -2.16. The van der Waals surface area contributed by atoms with Gasteiger partial charge in [0.15, 0.2) is 5.52 Å². The van der Waals surface area contributed by atoms with Crippen LogP contribution in [0.5, 0.6) is 0 Å². The third-order valence-electron chi connectivity index (χ3n) is 6.78. The van der Waals surface area contributed by atoms with Crippen LogP contribution in [0.15, 0.2) is 35.1 Å². The summed E-state index contributed by atoms with van der Waals surface area (Å²) >= 11 is 0. The predicted octanol–water partition coefficient (Wildman–Crippen LogP) is 3.55. The Morgan fingerprint density at radius 3 is 2.62 bits per heavy atom. The minimum atomic E-state index is -0.0986. The monoisotopic (exact) mass is 391 g/mol. The first kappa shape index (κ1) is 18.6. The molecule has 6 heteroatoms. The van der Waals surface area contributed by atoms with E-state index in [9.17, 15) is 4.79 Å². The van der Waals surface area contributed by atoms with E-state index in [-0.39, 0.29) is 11.5 Å². The van der Waals surface area contributed by atoms with Crippen LogP contribution in [0.25, 0.3) is 11.0 Å². The van der Waals surface area contributed by atoms with Crippen LogP contribution in [0, 0.1) is 5.92 Å². The number of rotatable bonds is 4. The van der Waals surface area contributed by atoms with Crippen molar-refractivity contribution >= 4 is 11.0 Å². The molecule has 3 heterocycles. The van der Waals surface area contributed by atoms with Gasteiger partial charge in [0.2, 0.25) is 0 Å². The number of likely N-dealkylation sites (tertiary alicyclic amines) is 1. The van der Waals surface area contributed by atoms with Gasteiger partial charge in [0.25, 0.3) is 5.56 Å². The van der Waals surface area contributed by atoms with Crippen molar-refractivity contribution in [1.82, 2.24) is 24.6 Å². The average Bonchev–Trinajstić information content (AvgIpc) is 3.41. The summed E-state index contributed by atoms with van der Waals surface area (Å²) < 4.78 is 1.90. The number of H-pyrrole nitrogens is 1. The maximum Gasteiger partial charge on any atom is 0.279 e. The zero-order valence-corrected chi connectivity index (χ0v) is 17.3. The van der Waals surface area contributed by atoms with E-state index in [1.807, 2.05) is 11.7 Å². The fraction of sp³-hybridized carbons (Fsp3) is 0.522. The molecule has 2 aromatic heterocycles. The van der Waals surface area contributed by atoms with E-state index >= 15 is 0 Å². The van der Waals surface area contributed by atoms with Crippen molar-refractivity contribution in [2.75, 3.05) is 13.1 Å². The summed E-state index contributed by atoms with van der Waals surface area (Å²) in [6.45, 7) is 5.14. The smallest absolute Gasteiger partial charge is 0.279 e. The Bertz CT molecular complexity index is 1060. The van der Waals surface area contributed by atoms with Gasteiger partial charge in [-0.3, -0.25) is 14.4 Å². The van der Waals surface area contributed by atoms with Crippen LogP contribution in [0.4, 0.5) is 0 Å². The maximum atomic E-state index is 12.8. The van der Waals surface area contributed by atoms with Gasteiger partial charge in [-0.15, -0.1) is 0 Å². The van der Waals surface area contributed by atoms with E-state index in [1.165, 1.54) is 31.2 Å². The van der Waals surface area contributed by atoms with E-state index in [2.05, 4.69) is 52.2 Å². The Hall–Kier alpha value is -2.47. The van der Waals surface area contributed by atoms with Crippen LogP contribution >= 0.6 is 0 Å². The number of aryl methyl sites for hydroxylation is 1. The maximum absolute atomic E-state index is 12.8. The second kappa shape index (κ2) is 7.41. The Labute approximate surface area is 171 Å². The molecule has 1 saturated carbocycles. The molecular formula is C23H29N5O. The van der Waals surface area contributed by atoms with Gasteiger partial charge in [0.1, 0.15) is 11.3 Å². The van der Waals surface area contributed by atoms with E-state index < -0.39 is 0 Å². The molecule has 1 aromatic carbocycles. The van der Waals surface area contributed by atoms with Gasteiger partial charge in [-0.25, -0.2) is 4.98 Å². The zero-order valence-electron chi connectivity index (χ0n) is 17.3. The lowest BCUT2D eigenvalue weighted by atomic mass is 9.97. The Balaban J connectivity index is 1.47. The highest BCUT2D eigenvalue weighted by Crippen LogP contribution is 2.37. The Morgan fingerprint density at radius 2 is 1.86 bits per heavy atom. The van der Waals surface area contributed by atoms with Crippen molar-refractivity contribution in [3.63, 3.8) is 0 Å². The standard InChI is InChI=1S/C23H29N5O/c1-15-12-28(13-16-8-4-3-5-9-16)14-18(15)22-24-19-20(23(29)25-22)26-27(2)21(19)17-10-6-7-11-17/h3-5,8-9,15,17-18H,6-7,10-14H2,1-2H3,(H,24,25,29). The Kier molecular flexibility index (Phi) is 4.74. The first-order chi connectivity index (χ1) is 14.1. The quantitative estimate of drug-likeness (QED) is 0.739. The molecular weight excluding hydrogens is 362 g/mol. The third kappa shape index (κ3) is 3.39. The molecule has 6 nitrogen and oxygen atoms in total.